The van der Waals surface area contributed by atoms with Gasteiger partial charge >= 0.3 is 0 Å². The number of hydrogen-bond acceptors (Lipinski definition) is 3. The lowest BCUT2D eigenvalue weighted by Gasteiger charge is -2.09. The van der Waals surface area contributed by atoms with Crippen LogP contribution in [0.5, 0.6) is 0 Å². The van der Waals surface area contributed by atoms with Crippen LogP contribution < -0.4 is 16.6 Å². The van der Waals surface area contributed by atoms with Crippen molar-refractivity contribution < 1.29 is 0 Å². The molecule has 1 aromatic heterocycles. The summed E-state index contributed by atoms with van der Waals surface area (Å²) in [5.74, 6) is 5.95. The number of guanidine groups is 1. The second kappa shape index (κ2) is 5.50. The molecule has 0 aliphatic rings. The Morgan fingerprint density at radius 1 is 1.62 bits per heavy atom. The Balaban J connectivity index is 2.85. The van der Waals surface area contributed by atoms with Crippen molar-refractivity contribution in [2.45, 2.75) is 33.2 Å². The third-order valence-electron chi connectivity index (χ3n) is 2.02. The highest BCUT2D eigenvalue weighted by molar-refractivity contribution is 5.93. The molecule has 0 aromatic carbocycles. The first-order valence-electron chi connectivity index (χ1n) is 5.40. The summed E-state index contributed by atoms with van der Waals surface area (Å²) >= 11 is 0. The van der Waals surface area contributed by atoms with Crippen LogP contribution in [-0.2, 0) is 13.5 Å². The number of nitrogens with one attached hydrogen (secondary N) is 2. The molecule has 1 rings (SSSR count). The van der Waals surface area contributed by atoms with E-state index in [0.717, 1.165) is 17.8 Å². The van der Waals surface area contributed by atoms with Crippen molar-refractivity contribution in [3.05, 3.63) is 11.9 Å². The van der Waals surface area contributed by atoms with Crippen molar-refractivity contribution >= 4 is 11.6 Å². The summed E-state index contributed by atoms with van der Waals surface area (Å²) in [6.07, 6.45) is 2.77. The van der Waals surface area contributed by atoms with Gasteiger partial charge < -0.3 is 5.32 Å². The smallest absolute Gasteiger partial charge is 0.210 e. The van der Waals surface area contributed by atoms with E-state index in [4.69, 9.17) is 5.84 Å². The minimum Gasteiger partial charge on any atom is -0.322 e. The van der Waals surface area contributed by atoms with Gasteiger partial charge in [0.05, 0.1) is 11.4 Å². The Hall–Kier alpha value is -1.56. The normalized spacial score (nSPS) is 12.0. The number of aliphatic imine (C=N–C) groups is 1. The summed E-state index contributed by atoms with van der Waals surface area (Å²) in [4.78, 5) is 4.31. The van der Waals surface area contributed by atoms with Gasteiger partial charge in [-0.15, -0.1) is 0 Å². The highest BCUT2D eigenvalue weighted by Crippen LogP contribution is 2.13. The van der Waals surface area contributed by atoms with E-state index in [9.17, 15) is 0 Å². The topological polar surface area (TPSA) is 80.3 Å². The third-order valence-corrected chi connectivity index (χ3v) is 2.02. The van der Waals surface area contributed by atoms with E-state index in [1.54, 1.807) is 4.68 Å². The predicted octanol–water partition coefficient (Wildman–Crippen LogP) is 0.622. The number of anilines is 1. The molecular formula is C10H20N6. The summed E-state index contributed by atoms with van der Waals surface area (Å²) < 4.78 is 1.77. The zero-order valence-electron chi connectivity index (χ0n) is 10.3. The first-order valence-corrected chi connectivity index (χ1v) is 5.40. The van der Waals surface area contributed by atoms with Crippen molar-refractivity contribution in [1.82, 2.24) is 15.2 Å². The minimum atomic E-state index is 0.181. The maximum absolute atomic E-state index is 5.40. The monoisotopic (exact) mass is 224 g/mol. The van der Waals surface area contributed by atoms with Crippen molar-refractivity contribution in [3.8, 4) is 0 Å². The predicted molar refractivity (Wildman–Crippen MR) is 66.1 cm³/mol. The molecule has 90 valence electrons. The van der Waals surface area contributed by atoms with Crippen LogP contribution in [0.25, 0.3) is 0 Å². The summed E-state index contributed by atoms with van der Waals surface area (Å²) in [5.41, 5.74) is 4.47. The second-order valence-corrected chi connectivity index (χ2v) is 3.86. The SMILES string of the molecule is CCc1nn(C)cc1NC(=NC(C)C)NN. The van der Waals surface area contributed by atoms with Gasteiger partial charge in [0.25, 0.3) is 0 Å². The van der Waals surface area contributed by atoms with Crippen molar-refractivity contribution in [1.29, 1.82) is 0 Å². The first-order chi connectivity index (χ1) is 7.56. The van der Waals surface area contributed by atoms with E-state index in [1.807, 2.05) is 27.1 Å². The number of hydrogen-bond donors (Lipinski definition) is 3. The minimum absolute atomic E-state index is 0.181. The molecule has 0 bridgehead atoms. The van der Waals surface area contributed by atoms with E-state index >= 15 is 0 Å². The molecule has 0 saturated heterocycles. The van der Waals surface area contributed by atoms with Gasteiger partial charge in [0.2, 0.25) is 5.96 Å². The number of aromatic nitrogens is 2. The Bertz CT molecular complexity index is 365. The number of nitrogens with zero attached hydrogens (tertiary/aromatic N) is 3. The molecule has 0 radical (unpaired) electrons. The number of rotatable bonds is 3. The molecule has 0 fully saturated rings. The fraction of sp³-hybridized carbons (Fsp3) is 0.600. The van der Waals surface area contributed by atoms with Crippen LogP contribution in [0.4, 0.5) is 5.69 Å². The van der Waals surface area contributed by atoms with E-state index in [0.29, 0.717) is 5.96 Å². The van der Waals surface area contributed by atoms with E-state index in [1.165, 1.54) is 0 Å². The van der Waals surface area contributed by atoms with Crippen LogP contribution in [0, 0.1) is 0 Å². The molecule has 1 aromatic rings. The Morgan fingerprint density at radius 2 is 2.31 bits per heavy atom. The van der Waals surface area contributed by atoms with Gasteiger partial charge in [0, 0.05) is 19.3 Å². The van der Waals surface area contributed by atoms with Crippen LogP contribution in [0.1, 0.15) is 26.5 Å². The highest BCUT2D eigenvalue weighted by Gasteiger charge is 2.07. The number of hydrazine groups is 1. The molecule has 4 N–H and O–H groups in total. The lowest BCUT2D eigenvalue weighted by atomic mass is 10.3. The van der Waals surface area contributed by atoms with Crippen LogP contribution in [0.2, 0.25) is 0 Å². The van der Waals surface area contributed by atoms with Crippen LogP contribution in [0.15, 0.2) is 11.2 Å². The highest BCUT2D eigenvalue weighted by atomic mass is 15.3. The molecule has 0 unspecified atom stereocenters. The molecular weight excluding hydrogens is 204 g/mol. The van der Waals surface area contributed by atoms with Crippen LogP contribution in [-0.4, -0.2) is 21.8 Å². The van der Waals surface area contributed by atoms with Crippen molar-refractivity contribution in [2.24, 2.45) is 17.9 Å². The molecule has 0 saturated carbocycles. The Morgan fingerprint density at radius 3 is 2.81 bits per heavy atom. The van der Waals surface area contributed by atoms with Gasteiger partial charge in [0.1, 0.15) is 0 Å². The number of nitrogens with two attached hydrogens (primary N) is 1. The van der Waals surface area contributed by atoms with E-state index in [2.05, 4.69) is 27.8 Å². The Kier molecular flexibility index (Phi) is 4.30. The largest absolute Gasteiger partial charge is 0.322 e. The first kappa shape index (κ1) is 12.5. The zero-order valence-corrected chi connectivity index (χ0v) is 10.3. The van der Waals surface area contributed by atoms with Crippen LogP contribution in [0.3, 0.4) is 0 Å². The summed E-state index contributed by atoms with van der Waals surface area (Å²) in [6.45, 7) is 6.04. The third kappa shape index (κ3) is 3.23. The fourth-order valence-corrected chi connectivity index (χ4v) is 1.39. The average molecular weight is 224 g/mol. The second-order valence-electron chi connectivity index (χ2n) is 3.86. The quantitative estimate of drug-likeness (QED) is 0.304. The Labute approximate surface area is 95.9 Å². The van der Waals surface area contributed by atoms with Gasteiger partial charge in [-0.25, -0.2) is 10.8 Å². The van der Waals surface area contributed by atoms with Crippen molar-refractivity contribution in [2.75, 3.05) is 5.32 Å². The molecule has 6 heteroatoms. The summed E-state index contributed by atoms with van der Waals surface area (Å²) in [7, 11) is 1.89. The van der Waals surface area contributed by atoms with Gasteiger partial charge in [-0.05, 0) is 20.3 Å². The van der Waals surface area contributed by atoms with Gasteiger partial charge in [-0.1, -0.05) is 6.92 Å². The van der Waals surface area contributed by atoms with Gasteiger partial charge in [-0.3, -0.25) is 10.1 Å². The fourth-order valence-electron chi connectivity index (χ4n) is 1.39. The summed E-state index contributed by atoms with van der Waals surface area (Å²) in [5, 5.41) is 7.46. The van der Waals surface area contributed by atoms with Crippen LogP contribution >= 0.6 is 0 Å². The van der Waals surface area contributed by atoms with Crippen molar-refractivity contribution in [3.63, 3.8) is 0 Å². The molecule has 16 heavy (non-hydrogen) atoms. The average Bonchev–Trinajstić information content (AvgIpc) is 2.57. The molecule has 0 atom stereocenters. The molecule has 0 aliphatic carbocycles. The molecule has 0 spiro atoms. The van der Waals surface area contributed by atoms with Gasteiger partial charge in [0.15, 0.2) is 0 Å². The molecule has 0 aliphatic heterocycles. The lowest BCUT2D eigenvalue weighted by molar-refractivity contribution is 0.746. The maximum Gasteiger partial charge on any atom is 0.210 e. The zero-order chi connectivity index (χ0) is 12.1. The van der Waals surface area contributed by atoms with Gasteiger partial charge in [-0.2, -0.15) is 5.10 Å². The molecule has 6 nitrogen and oxygen atoms in total. The molecule has 0 amide bonds. The lowest BCUT2D eigenvalue weighted by Crippen LogP contribution is -2.37. The summed E-state index contributed by atoms with van der Waals surface area (Å²) in [6, 6.07) is 0.181. The standard InChI is InChI=1S/C10H20N6/c1-5-8-9(6-16(4)15-8)13-10(14-11)12-7(2)3/h6-7H,5,11H2,1-4H3,(H2,12,13,14). The number of aryl methyl sites for hydroxylation is 2. The molecule has 1 heterocycles. The van der Waals surface area contributed by atoms with E-state index < -0.39 is 0 Å². The maximum atomic E-state index is 5.40. The van der Waals surface area contributed by atoms with E-state index in [-0.39, 0.29) is 6.04 Å².